The Kier molecular flexibility index (Phi) is 4.69. The van der Waals surface area contributed by atoms with E-state index >= 15 is 0 Å². The maximum absolute atomic E-state index is 12.4. The first kappa shape index (κ1) is 14.8. The van der Waals surface area contributed by atoms with Gasteiger partial charge >= 0.3 is 0 Å². The molecule has 114 valence electrons. The molecular formula is C18H16N4O. The van der Waals surface area contributed by atoms with Crippen molar-refractivity contribution in [2.75, 3.05) is 0 Å². The third kappa shape index (κ3) is 3.97. The van der Waals surface area contributed by atoms with Crippen molar-refractivity contribution in [1.82, 2.24) is 20.3 Å². The van der Waals surface area contributed by atoms with Gasteiger partial charge in [-0.05, 0) is 36.4 Å². The molecule has 3 rings (SSSR count). The summed E-state index contributed by atoms with van der Waals surface area (Å²) in [6.45, 7) is 0. The van der Waals surface area contributed by atoms with Crippen molar-refractivity contribution >= 4 is 5.91 Å². The highest BCUT2D eigenvalue weighted by Gasteiger charge is 2.18. The van der Waals surface area contributed by atoms with Gasteiger partial charge in [0.2, 0.25) is 0 Å². The van der Waals surface area contributed by atoms with Crippen LogP contribution in [0.4, 0.5) is 0 Å². The topological polar surface area (TPSA) is 67.8 Å². The maximum Gasteiger partial charge on any atom is 0.270 e. The van der Waals surface area contributed by atoms with Gasteiger partial charge in [0.25, 0.3) is 5.91 Å². The van der Waals surface area contributed by atoms with Crippen molar-refractivity contribution in [3.63, 3.8) is 0 Å². The Hall–Kier alpha value is -3.08. The molecule has 5 nitrogen and oxygen atoms in total. The van der Waals surface area contributed by atoms with Crippen molar-refractivity contribution in [1.29, 1.82) is 0 Å². The smallest absolute Gasteiger partial charge is 0.270 e. The summed E-state index contributed by atoms with van der Waals surface area (Å²) in [7, 11) is 0. The first-order valence-electron chi connectivity index (χ1n) is 7.35. The first-order chi connectivity index (χ1) is 11.3. The Morgan fingerprint density at radius 1 is 0.870 bits per heavy atom. The van der Waals surface area contributed by atoms with Gasteiger partial charge in [-0.2, -0.15) is 0 Å². The van der Waals surface area contributed by atoms with Gasteiger partial charge in [-0.15, -0.1) is 0 Å². The van der Waals surface area contributed by atoms with Crippen LogP contribution < -0.4 is 5.32 Å². The Labute approximate surface area is 134 Å². The van der Waals surface area contributed by atoms with Gasteiger partial charge in [0.1, 0.15) is 5.69 Å². The molecule has 0 unspecified atom stereocenters. The second kappa shape index (κ2) is 7.26. The van der Waals surface area contributed by atoms with Gasteiger partial charge in [0.15, 0.2) is 0 Å². The molecule has 0 bridgehead atoms. The molecule has 3 heterocycles. The van der Waals surface area contributed by atoms with E-state index in [4.69, 9.17) is 0 Å². The number of carbonyl (C=O) groups excluding carboxylic acids is 1. The Balaban J connectivity index is 1.82. The Morgan fingerprint density at radius 3 is 2.17 bits per heavy atom. The summed E-state index contributed by atoms with van der Waals surface area (Å²) >= 11 is 0. The maximum atomic E-state index is 12.4. The van der Waals surface area contributed by atoms with E-state index < -0.39 is 0 Å². The second-order valence-corrected chi connectivity index (χ2v) is 5.02. The van der Waals surface area contributed by atoms with Crippen molar-refractivity contribution in [3.8, 4) is 0 Å². The van der Waals surface area contributed by atoms with Crippen molar-refractivity contribution < 1.29 is 4.79 Å². The molecule has 1 N–H and O–H groups in total. The molecule has 1 atom stereocenters. The van der Waals surface area contributed by atoms with Gasteiger partial charge in [0, 0.05) is 30.7 Å². The minimum absolute atomic E-state index is 0.225. The fourth-order valence-corrected chi connectivity index (χ4v) is 2.27. The van der Waals surface area contributed by atoms with Crippen LogP contribution in [0.25, 0.3) is 0 Å². The summed E-state index contributed by atoms with van der Waals surface area (Å²) in [6, 6.07) is 16.4. The van der Waals surface area contributed by atoms with E-state index in [1.54, 1.807) is 36.8 Å². The van der Waals surface area contributed by atoms with E-state index in [-0.39, 0.29) is 11.9 Å². The Bertz CT molecular complexity index is 748. The number of rotatable bonds is 5. The lowest BCUT2D eigenvalue weighted by Gasteiger charge is -2.17. The summed E-state index contributed by atoms with van der Waals surface area (Å²) in [5.41, 5.74) is 2.07. The molecule has 5 heteroatoms. The molecule has 0 radical (unpaired) electrons. The molecule has 0 saturated carbocycles. The zero-order valence-corrected chi connectivity index (χ0v) is 12.5. The SMILES string of the molecule is O=C(N[C@@H](Cc1ccccn1)c1ccccn1)c1ccccn1. The zero-order valence-electron chi connectivity index (χ0n) is 12.5. The number of hydrogen-bond acceptors (Lipinski definition) is 4. The lowest BCUT2D eigenvalue weighted by molar-refractivity contribution is 0.0930. The lowest BCUT2D eigenvalue weighted by Crippen LogP contribution is -2.31. The van der Waals surface area contributed by atoms with Crippen LogP contribution in [0.1, 0.15) is 27.9 Å². The van der Waals surface area contributed by atoms with E-state index in [1.165, 1.54) is 0 Å². The fraction of sp³-hybridized carbons (Fsp3) is 0.111. The number of nitrogens with one attached hydrogen (secondary N) is 1. The van der Waals surface area contributed by atoms with Crippen molar-refractivity contribution in [2.45, 2.75) is 12.5 Å². The summed E-state index contributed by atoms with van der Waals surface area (Å²) in [4.78, 5) is 25.2. The van der Waals surface area contributed by atoms with Crippen LogP contribution in [0.5, 0.6) is 0 Å². The molecule has 0 aliphatic carbocycles. The summed E-state index contributed by atoms with van der Waals surface area (Å²) in [5.74, 6) is -0.225. The minimum Gasteiger partial charge on any atom is -0.342 e. The van der Waals surface area contributed by atoms with Gasteiger partial charge in [-0.1, -0.05) is 18.2 Å². The van der Waals surface area contributed by atoms with Crippen LogP contribution in [0.15, 0.2) is 73.2 Å². The third-order valence-corrected chi connectivity index (χ3v) is 3.39. The number of hydrogen-bond donors (Lipinski definition) is 1. The molecule has 0 aliphatic heterocycles. The average molecular weight is 304 g/mol. The molecule has 0 fully saturated rings. The molecule has 3 aromatic rings. The molecule has 0 saturated heterocycles. The van der Waals surface area contributed by atoms with Gasteiger partial charge in [0.05, 0.1) is 11.7 Å². The van der Waals surface area contributed by atoms with E-state index in [2.05, 4.69) is 20.3 Å². The number of pyridine rings is 3. The minimum atomic E-state index is -0.263. The van der Waals surface area contributed by atoms with Crippen molar-refractivity contribution in [2.24, 2.45) is 0 Å². The second-order valence-electron chi connectivity index (χ2n) is 5.02. The average Bonchev–Trinajstić information content (AvgIpc) is 2.63. The summed E-state index contributed by atoms with van der Waals surface area (Å²) < 4.78 is 0. The first-order valence-corrected chi connectivity index (χ1v) is 7.35. The highest BCUT2D eigenvalue weighted by molar-refractivity contribution is 5.92. The van der Waals surface area contributed by atoms with Crippen LogP contribution in [0.3, 0.4) is 0 Å². The summed E-state index contributed by atoms with van der Waals surface area (Å²) in [6.07, 6.45) is 5.62. The normalized spacial score (nSPS) is 11.7. The molecular weight excluding hydrogens is 288 g/mol. The quantitative estimate of drug-likeness (QED) is 0.786. The van der Waals surface area contributed by atoms with E-state index in [9.17, 15) is 4.79 Å². The zero-order chi connectivity index (χ0) is 15.9. The standard InChI is InChI=1S/C18H16N4O/c23-18(16-9-3-6-12-21-16)22-17(15-8-2-5-11-20-15)13-14-7-1-4-10-19-14/h1-12,17H,13H2,(H,22,23)/t17-/m0/s1. The molecule has 0 aliphatic rings. The lowest BCUT2D eigenvalue weighted by atomic mass is 10.1. The largest absolute Gasteiger partial charge is 0.342 e. The number of amides is 1. The molecule has 23 heavy (non-hydrogen) atoms. The van der Waals surface area contributed by atoms with Crippen LogP contribution >= 0.6 is 0 Å². The highest BCUT2D eigenvalue weighted by Crippen LogP contribution is 2.15. The number of aromatic nitrogens is 3. The van der Waals surface area contributed by atoms with Crippen LogP contribution in [-0.2, 0) is 6.42 Å². The van der Waals surface area contributed by atoms with Crippen LogP contribution in [-0.4, -0.2) is 20.9 Å². The van der Waals surface area contributed by atoms with Crippen molar-refractivity contribution in [3.05, 3.63) is 90.3 Å². The summed E-state index contributed by atoms with van der Waals surface area (Å²) in [5, 5.41) is 2.99. The molecule has 1 amide bonds. The predicted molar refractivity (Wildman–Crippen MR) is 86.6 cm³/mol. The van der Waals surface area contributed by atoms with E-state index in [0.29, 0.717) is 12.1 Å². The molecule has 0 aromatic carbocycles. The van der Waals surface area contributed by atoms with E-state index in [1.807, 2.05) is 36.4 Å². The molecule has 0 spiro atoms. The molecule has 3 aromatic heterocycles. The highest BCUT2D eigenvalue weighted by atomic mass is 16.1. The van der Waals surface area contributed by atoms with E-state index in [0.717, 1.165) is 11.4 Å². The Morgan fingerprint density at radius 2 is 1.57 bits per heavy atom. The van der Waals surface area contributed by atoms with Crippen LogP contribution in [0.2, 0.25) is 0 Å². The third-order valence-electron chi connectivity index (χ3n) is 3.39. The fourth-order valence-electron chi connectivity index (χ4n) is 2.27. The van der Waals surface area contributed by atoms with Gasteiger partial charge in [-0.25, -0.2) is 0 Å². The van der Waals surface area contributed by atoms with Gasteiger partial charge in [-0.3, -0.25) is 19.7 Å². The monoisotopic (exact) mass is 304 g/mol. The number of carbonyl (C=O) groups is 1. The van der Waals surface area contributed by atoms with Gasteiger partial charge < -0.3 is 5.32 Å². The van der Waals surface area contributed by atoms with Crippen LogP contribution in [0, 0.1) is 0 Å². The number of nitrogens with zero attached hydrogens (tertiary/aromatic N) is 3. The predicted octanol–water partition coefficient (Wildman–Crippen LogP) is 2.59.